The molecule has 0 N–H and O–H groups in total. The Kier molecular flexibility index (Phi) is 3.62. The number of Topliss-reactive ketones (excluding diaryl/α,β-unsaturated/α-hetero) is 2. The minimum absolute atomic E-state index is 0.0903. The third kappa shape index (κ3) is 2.63. The molecule has 0 unspecified atom stereocenters. The van der Waals surface area contributed by atoms with Crippen LogP contribution in [0.15, 0.2) is 18.2 Å². The van der Waals surface area contributed by atoms with Crippen molar-refractivity contribution < 1.29 is 9.59 Å². The second-order valence-electron chi connectivity index (χ2n) is 6.24. The van der Waals surface area contributed by atoms with Crippen LogP contribution in [0.4, 0.5) is 0 Å². The number of hydrogen-bond donors (Lipinski definition) is 0. The largest absolute Gasteiger partial charge is 0.299 e. The maximum Gasteiger partial charge on any atom is 0.148 e. The molecule has 0 bridgehead atoms. The summed E-state index contributed by atoms with van der Waals surface area (Å²) in [7, 11) is 0. The van der Waals surface area contributed by atoms with E-state index in [-0.39, 0.29) is 17.0 Å². The van der Waals surface area contributed by atoms with Crippen LogP contribution < -0.4 is 0 Å². The number of carbonyl (C=O) groups is 2. The highest BCUT2D eigenvalue weighted by Gasteiger charge is 2.42. The van der Waals surface area contributed by atoms with E-state index >= 15 is 0 Å². The van der Waals surface area contributed by atoms with Gasteiger partial charge in [0, 0.05) is 12.8 Å². The number of ketones is 2. The van der Waals surface area contributed by atoms with Crippen molar-refractivity contribution in [3.8, 4) is 0 Å². The first-order valence-electron chi connectivity index (χ1n) is 6.99. The van der Waals surface area contributed by atoms with Crippen molar-refractivity contribution in [1.82, 2.24) is 0 Å². The van der Waals surface area contributed by atoms with Crippen molar-refractivity contribution >= 4 is 11.6 Å². The molecular formula is C17H22O2. The van der Waals surface area contributed by atoms with Gasteiger partial charge in [-0.2, -0.15) is 0 Å². The van der Waals surface area contributed by atoms with Gasteiger partial charge in [0.2, 0.25) is 0 Å². The average molecular weight is 258 g/mol. The molecule has 1 aromatic carbocycles. The molecule has 0 saturated heterocycles. The number of aryl methyl sites for hydroxylation is 2. The lowest BCUT2D eigenvalue weighted by Crippen LogP contribution is -2.37. The number of hydrogen-bond acceptors (Lipinski definition) is 2. The summed E-state index contributed by atoms with van der Waals surface area (Å²) >= 11 is 0. The van der Waals surface area contributed by atoms with Gasteiger partial charge < -0.3 is 0 Å². The second kappa shape index (κ2) is 4.92. The lowest BCUT2D eigenvalue weighted by atomic mass is 9.67. The van der Waals surface area contributed by atoms with Crippen LogP contribution in [0.1, 0.15) is 55.7 Å². The van der Waals surface area contributed by atoms with Gasteiger partial charge in [0.15, 0.2) is 0 Å². The first-order chi connectivity index (χ1) is 8.86. The zero-order valence-electron chi connectivity index (χ0n) is 12.2. The van der Waals surface area contributed by atoms with Crippen molar-refractivity contribution in [3.05, 3.63) is 34.9 Å². The van der Waals surface area contributed by atoms with E-state index in [1.165, 1.54) is 0 Å². The summed E-state index contributed by atoms with van der Waals surface area (Å²) in [5.74, 6) is -0.347. The van der Waals surface area contributed by atoms with Crippen molar-refractivity contribution in [1.29, 1.82) is 0 Å². The molecule has 2 rings (SSSR count). The quantitative estimate of drug-likeness (QED) is 0.757. The van der Waals surface area contributed by atoms with Gasteiger partial charge in [-0.25, -0.2) is 0 Å². The molecule has 1 aromatic rings. The van der Waals surface area contributed by atoms with Gasteiger partial charge in [0.25, 0.3) is 0 Å². The highest BCUT2D eigenvalue weighted by molar-refractivity contribution is 6.10. The molecule has 2 nitrogen and oxygen atoms in total. The Hall–Kier alpha value is -1.44. The van der Waals surface area contributed by atoms with Gasteiger partial charge in [0.05, 0.1) is 0 Å². The molecule has 0 aromatic heterocycles. The topological polar surface area (TPSA) is 34.1 Å². The van der Waals surface area contributed by atoms with Crippen LogP contribution in [-0.2, 0) is 9.59 Å². The molecule has 2 heteroatoms. The Bertz CT molecular complexity index is 510. The van der Waals surface area contributed by atoms with Crippen molar-refractivity contribution in [3.63, 3.8) is 0 Å². The molecule has 0 radical (unpaired) electrons. The summed E-state index contributed by atoms with van der Waals surface area (Å²) < 4.78 is 0. The van der Waals surface area contributed by atoms with Crippen LogP contribution in [0.5, 0.6) is 0 Å². The normalized spacial score (nSPS) is 27.7. The monoisotopic (exact) mass is 258 g/mol. The number of rotatable bonds is 2. The highest BCUT2D eigenvalue weighted by atomic mass is 16.2. The lowest BCUT2D eigenvalue weighted by molar-refractivity contribution is -0.136. The van der Waals surface area contributed by atoms with E-state index < -0.39 is 5.92 Å². The first kappa shape index (κ1) is 14.0. The van der Waals surface area contributed by atoms with E-state index in [0.717, 1.165) is 23.1 Å². The van der Waals surface area contributed by atoms with Crippen LogP contribution >= 0.6 is 0 Å². The molecule has 1 saturated carbocycles. The molecule has 0 atom stereocenters. The molecule has 19 heavy (non-hydrogen) atoms. The van der Waals surface area contributed by atoms with Crippen molar-refractivity contribution in [2.75, 3.05) is 0 Å². The molecule has 1 fully saturated rings. The number of carbonyl (C=O) groups excluding carboxylic acids is 2. The molecule has 0 aliphatic heterocycles. The van der Waals surface area contributed by atoms with Crippen LogP contribution in [-0.4, -0.2) is 11.6 Å². The average Bonchev–Trinajstić information content (AvgIpc) is 2.31. The van der Waals surface area contributed by atoms with Crippen LogP contribution in [0.3, 0.4) is 0 Å². The molecular weight excluding hydrogens is 236 g/mol. The molecule has 0 spiro atoms. The third-order valence-electron chi connectivity index (χ3n) is 4.44. The Labute approximate surface area is 115 Å². The fourth-order valence-electron chi connectivity index (χ4n) is 3.03. The summed E-state index contributed by atoms with van der Waals surface area (Å²) in [6.07, 6.45) is 1.92. The number of benzene rings is 1. The predicted octanol–water partition coefficient (Wildman–Crippen LogP) is 3.74. The van der Waals surface area contributed by atoms with Crippen molar-refractivity contribution in [2.24, 2.45) is 5.41 Å². The Morgan fingerprint density at radius 1 is 1.16 bits per heavy atom. The maximum absolute atomic E-state index is 12.4. The van der Waals surface area contributed by atoms with Crippen molar-refractivity contribution in [2.45, 2.75) is 52.9 Å². The summed E-state index contributed by atoms with van der Waals surface area (Å²) in [6, 6.07) is 5.97. The molecule has 1 aliphatic carbocycles. The zero-order chi connectivity index (χ0) is 14.2. The first-order valence-corrected chi connectivity index (χ1v) is 6.99. The minimum Gasteiger partial charge on any atom is -0.299 e. The molecule has 102 valence electrons. The third-order valence-corrected chi connectivity index (χ3v) is 4.44. The van der Waals surface area contributed by atoms with Gasteiger partial charge in [-0.05, 0) is 36.8 Å². The molecule has 0 heterocycles. The van der Waals surface area contributed by atoms with E-state index in [2.05, 4.69) is 6.92 Å². The maximum atomic E-state index is 12.4. The fourth-order valence-corrected chi connectivity index (χ4v) is 3.03. The van der Waals surface area contributed by atoms with E-state index in [0.29, 0.717) is 12.8 Å². The van der Waals surface area contributed by atoms with Crippen LogP contribution in [0, 0.1) is 19.3 Å². The zero-order valence-corrected chi connectivity index (χ0v) is 12.2. The Morgan fingerprint density at radius 3 is 2.21 bits per heavy atom. The molecule has 0 amide bonds. The standard InChI is InChI=1S/C17H22O2/c1-5-17(4)9-14(18)16(15(19)10-17)13-7-6-11(2)8-12(13)3/h6-8,16H,5,9-10H2,1-4H3. The van der Waals surface area contributed by atoms with Gasteiger partial charge in [-0.15, -0.1) is 0 Å². The summed E-state index contributed by atoms with van der Waals surface area (Å²) in [6.45, 7) is 8.10. The summed E-state index contributed by atoms with van der Waals surface area (Å²) in [4.78, 5) is 24.8. The van der Waals surface area contributed by atoms with E-state index in [4.69, 9.17) is 0 Å². The van der Waals surface area contributed by atoms with E-state index in [9.17, 15) is 9.59 Å². The van der Waals surface area contributed by atoms with E-state index in [1.807, 2.05) is 39.0 Å². The Balaban J connectivity index is 2.36. The smallest absolute Gasteiger partial charge is 0.148 e. The van der Waals surface area contributed by atoms with Gasteiger partial charge in [0.1, 0.15) is 17.5 Å². The summed E-state index contributed by atoms with van der Waals surface area (Å²) in [5, 5.41) is 0. The lowest BCUT2D eigenvalue weighted by Gasteiger charge is -2.35. The van der Waals surface area contributed by atoms with Crippen LogP contribution in [0.2, 0.25) is 0 Å². The summed E-state index contributed by atoms with van der Waals surface area (Å²) in [5.41, 5.74) is 2.98. The molecule has 1 aliphatic rings. The SMILES string of the molecule is CCC1(C)CC(=O)C(c2ccc(C)cc2C)C(=O)C1. The van der Waals surface area contributed by atoms with Gasteiger partial charge >= 0.3 is 0 Å². The van der Waals surface area contributed by atoms with Crippen LogP contribution in [0.25, 0.3) is 0 Å². The minimum atomic E-state index is -0.528. The highest BCUT2D eigenvalue weighted by Crippen LogP contribution is 2.41. The Morgan fingerprint density at radius 2 is 1.74 bits per heavy atom. The van der Waals surface area contributed by atoms with E-state index in [1.54, 1.807) is 0 Å². The predicted molar refractivity (Wildman–Crippen MR) is 76.3 cm³/mol. The second-order valence-corrected chi connectivity index (χ2v) is 6.24. The van der Waals surface area contributed by atoms with Gasteiger partial charge in [-0.3, -0.25) is 9.59 Å². The van der Waals surface area contributed by atoms with Gasteiger partial charge in [-0.1, -0.05) is 37.6 Å². The fraction of sp³-hybridized carbons (Fsp3) is 0.529.